The van der Waals surface area contributed by atoms with Gasteiger partial charge in [0.2, 0.25) is 0 Å². The summed E-state index contributed by atoms with van der Waals surface area (Å²) in [5.41, 5.74) is 1.75. The molecule has 0 saturated heterocycles. The fourth-order valence-electron chi connectivity index (χ4n) is 1.98. The third kappa shape index (κ3) is 4.24. The van der Waals surface area contributed by atoms with Crippen molar-refractivity contribution in [3.8, 4) is 5.69 Å². The minimum absolute atomic E-state index is 0. The zero-order valence-corrected chi connectivity index (χ0v) is 12.4. The van der Waals surface area contributed by atoms with E-state index < -0.39 is 5.97 Å². The molecule has 0 atom stereocenters. The number of hydrogen-bond acceptors (Lipinski definition) is 4. The Hall–Kier alpha value is -0.514. The monoisotopic (exact) mass is 332 g/mol. The van der Waals surface area contributed by atoms with Crippen molar-refractivity contribution in [3.05, 3.63) is 30.1 Å². The van der Waals surface area contributed by atoms with E-state index in [1.807, 2.05) is 42.8 Å². The van der Waals surface area contributed by atoms with E-state index in [1.54, 1.807) is 16.6 Å². The van der Waals surface area contributed by atoms with Gasteiger partial charge < -0.3 is 22.6 Å². The summed E-state index contributed by atoms with van der Waals surface area (Å²) in [6, 6.07) is 7.54. The molecule has 0 fully saturated rings. The third-order valence-corrected chi connectivity index (χ3v) is 3.40. The van der Waals surface area contributed by atoms with E-state index in [9.17, 15) is 4.79 Å². The van der Waals surface area contributed by atoms with Crippen LogP contribution < -0.4 is 9.58 Å². The fourth-order valence-corrected chi connectivity index (χ4v) is 2.34. The number of carboxylic acid groups (broad SMARTS) is 1. The standard InChI is InChI=1S/C13H16N4O2S.K.H/c1-9-16(3)14-13(20)17(9)11-6-4-10(5-7-11)15(2)8-12(18)19;;/h4-7H,8H2,1-3H3,(H-,14,18,19,20);;. The molecule has 0 unspecified atom stereocenters. The number of aryl methyl sites for hydroxylation is 1. The predicted octanol–water partition coefficient (Wildman–Crippen LogP) is -0.217. The number of rotatable bonds is 4. The van der Waals surface area contributed by atoms with Crippen LogP contribution >= 0.6 is 0 Å². The second-order valence-electron chi connectivity index (χ2n) is 4.56. The summed E-state index contributed by atoms with van der Waals surface area (Å²) in [7, 11) is 3.58. The zero-order chi connectivity index (χ0) is 14.9. The maximum absolute atomic E-state index is 10.7. The molecule has 0 saturated carbocycles. The summed E-state index contributed by atoms with van der Waals surface area (Å²) >= 11 is 5.23. The first-order valence-electron chi connectivity index (χ1n) is 6.06. The summed E-state index contributed by atoms with van der Waals surface area (Å²) in [5, 5.41) is 13.5. The molecule has 0 aliphatic heterocycles. The van der Waals surface area contributed by atoms with Crippen LogP contribution in [0.2, 0.25) is 0 Å². The van der Waals surface area contributed by atoms with Crippen molar-refractivity contribution in [3.63, 3.8) is 0 Å². The summed E-state index contributed by atoms with van der Waals surface area (Å²) in [6.07, 6.45) is 0. The average molecular weight is 332 g/mol. The van der Waals surface area contributed by atoms with Crippen LogP contribution in [-0.4, -0.2) is 85.7 Å². The number of likely N-dealkylation sites (N-methyl/N-ethyl adjacent to an activating group) is 1. The fraction of sp³-hybridized carbons (Fsp3) is 0.308. The Bertz CT molecular complexity index is 642. The summed E-state index contributed by atoms with van der Waals surface area (Å²) in [5.74, 6) is 0.0727. The Morgan fingerprint density at radius 2 is 2.00 bits per heavy atom. The molecule has 0 spiro atoms. The first-order chi connectivity index (χ1) is 9.40. The van der Waals surface area contributed by atoms with E-state index in [4.69, 9.17) is 17.7 Å². The van der Waals surface area contributed by atoms with Gasteiger partial charge >= 0.3 is 57.4 Å². The second-order valence-corrected chi connectivity index (χ2v) is 4.92. The van der Waals surface area contributed by atoms with E-state index in [0.717, 1.165) is 17.2 Å². The van der Waals surface area contributed by atoms with E-state index in [1.165, 1.54) is 0 Å². The Morgan fingerprint density at radius 3 is 2.43 bits per heavy atom. The molecule has 2 aromatic rings. The van der Waals surface area contributed by atoms with Crippen LogP contribution in [0.1, 0.15) is 5.82 Å². The number of carboxylic acids is 1. The van der Waals surface area contributed by atoms with Gasteiger partial charge in [0.25, 0.3) is 5.82 Å². The first kappa shape index (κ1) is 18.5. The number of aliphatic carboxylic acids is 1. The normalized spacial score (nSPS) is 10.0. The van der Waals surface area contributed by atoms with Gasteiger partial charge in [-0.25, -0.2) is 0 Å². The van der Waals surface area contributed by atoms with Crippen molar-refractivity contribution < 1.29 is 14.6 Å². The van der Waals surface area contributed by atoms with Gasteiger partial charge in [-0.05, 0) is 24.3 Å². The molecule has 21 heavy (non-hydrogen) atoms. The molecule has 108 valence electrons. The molecule has 1 aromatic heterocycles. The van der Waals surface area contributed by atoms with Gasteiger partial charge in [-0.3, -0.25) is 4.79 Å². The van der Waals surface area contributed by atoms with Gasteiger partial charge in [0.05, 0.1) is 0 Å². The van der Waals surface area contributed by atoms with E-state index >= 15 is 0 Å². The van der Waals surface area contributed by atoms with Crippen LogP contribution in [0, 0.1) is 6.92 Å². The molecule has 0 aliphatic carbocycles. The maximum atomic E-state index is 10.7. The zero-order valence-electron chi connectivity index (χ0n) is 11.6. The minimum atomic E-state index is -0.859. The van der Waals surface area contributed by atoms with Crippen molar-refractivity contribution >= 4 is 75.7 Å². The molecule has 1 N–H and O–H groups in total. The van der Waals surface area contributed by atoms with Gasteiger partial charge in [0.15, 0.2) is 0 Å². The number of hydrogen-bond donors (Lipinski definition) is 1. The number of nitrogens with zero attached hydrogens (tertiary/aromatic N) is 4. The van der Waals surface area contributed by atoms with Crippen molar-refractivity contribution in [1.82, 2.24) is 9.67 Å². The van der Waals surface area contributed by atoms with Gasteiger partial charge in [-0.15, -0.1) is 4.68 Å². The Balaban J connectivity index is 0.00000220. The van der Waals surface area contributed by atoms with Crippen LogP contribution in [0.15, 0.2) is 29.4 Å². The van der Waals surface area contributed by atoms with Crippen molar-refractivity contribution in [2.45, 2.75) is 12.1 Å². The number of aromatic nitrogens is 3. The third-order valence-electron chi connectivity index (χ3n) is 3.14. The van der Waals surface area contributed by atoms with Crippen LogP contribution in [0.25, 0.3) is 5.69 Å². The van der Waals surface area contributed by atoms with E-state index in [2.05, 4.69) is 5.10 Å². The van der Waals surface area contributed by atoms with Crippen LogP contribution in [0.5, 0.6) is 0 Å². The Morgan fingerprint density at radius 1 is 1.43 bits per heavy atom. The van der Waals surface area contributed by atoms with E-state index in [-0.39, 0.29) is 57.9 Å². The van der Waals surface area contributed by atoms with Gasteiger partial charge in [0.1, 0.15) is 24.4 Å². The first-order valence-corrected chi connectivity index (χ1v) is 6.47. The molecule has 0 amide bonds. The van der Waals surface area contributed by atoms with Crippen molar-refractivity contribution in [1.29, 1.82) is 0 Å². The Kier molecular flexibility index (Phi) is 6.76. The summed E-state index contributed by atoms with van der Waals surface area (Å²) < 4.78 is 3.60. The molecule has 0 aliphatic rings. The number of anilines is 1. The Labute approximate surface area is 171 Å². The SMILES string of the molecule is Cc1n(-c2ccc(N(C)CC(=O)O)cc2)c([S-])n[n+]1C.[KH]. The topological polar surface area (TPSA) is 62.2 Å². The summed E-state index contributed by atoms with van der Waals surface area (Å²) in [6.45, 7) is 1.90. The van der Waals surface area contributed by atoms with Gasteiger partial charge in [-0.2, -0.15) is 4.57 Å². The van der Waals surface area contributed by atoms with Crippen LogP contribution in [0.4, 0.5) is 5.69 Å². The average Bonchev–Trinajstić information content (AvgIpc) is 2.63. The molecule has 0 bridgehead atoms. The molecule has 8 heteroatoms. The molecular weight excluding hydrogens is 315 g/mol. The summed E-state index contributed by atoms with van der Waals surface area (Å²) in [4.78, 5) is 12.4. The van der Waals surface area contributed by atoms with Crippen molar-refractivity contribution in [2.75, 3.05) is 18.5 Å². The molecule has 6 nitrogen and oxygen atoms in total. The number of carbonyl (C=O) groups is 1. The van der Waals surface area contributed by atoms with Crippen LogP contribution in [-0.2, 0) is 24.5 Å². The molecule has 0 radical (unpaired) electrons. The molecule has 1 heterocycles. The molecular formula is C13H17KN4O2S. The predicted molar refractivity (Wildman–Crippen MR) is 83.2 cm³/mol. The quantitative estimate of drug-likeness (QED) is 0.477. The van der Waals surface area contributed by atoms with E-state index in [0.29, 0.717) is 5.16 Å². The number of benzene rings is 1. The second kappa shape index (κ2) is 7.66. The molecule has 2 rings (SSSR count). The van der Waals surface area contributed by atoms with Gasteiger partial charge in [0, 0.05) is 19.7 Å². The van der Waals surface area contributed by atoms with Crippen LogP contribution in [0.3, 0.4) is 0 Å². The molecule has 1 aromatic carbocycles. The van der Waals surface area contributed by atoms with Crippen molar-refractivity contribution in [2.24, 2.45) is 7.05 Å². The van der Waals surface area contributed by atoms with Gasteiger partial charge in [-0.1, -0.05) is 5.10 Å².